The van der Waals surface area contributed by atoms with Crippen molar-refractivity contribution in [2.75, 3.05) is 32.0 Å². The molecule has 3 aromatic rings. The molecule has 0 radical (unpaired) electrons. The van der Waals surface area contributed by atoms with E-state index in [2.05, 4.69) is 20.4 Å². The summed E-state index contributed by atoms with van der Waals surface area (Å²) in [5.41, 5.74) is 1.91. The lowest BCUT2D eigenvalue weighted by atomic mass is 10.2. The fraction of sp³-hybridized carbons (Fsp3) is 0.150. The molecule has 0 atom stereocenters. The van der Waals surface area contributed by atoms with Gasteiger partial charge in [-0.25, -0.2) is 9.78 Å². The summed E-state index contributed by atoms with van der Waals surface area (Å²) in [7, 11) is 4.45. The molecular weight excluding hydrogens is 394 g/mol. The maximum atomic E-state index is 12.4. The van der Waals surface area contributed by atoms with Gasteiger partial charge in [-0.15, -0.1) is 11.3 Å². The van der Waals surface area contributed by atoms with Crippen molar-refractivity contribution < 1.29 is 23.8 Å². The van der Waals surface area contributed by atoms with Crippen LogP contribution in [0.15, 0.2) is 47.8 Å². The van der Waals surface area contributed by atoms with Crippen LogP contribution in [-0.4, -0.2) is 38.2 Å². The third-order valence-corrected chi connectivity index (χ3v) is 4.71. The number of rotatable bonds is 7. The number of nitrogens with zero attached hydrogens (tertiary/aromatic N) is 1. The molecule has 0 fully saturated rings. The Morgan fingerprint density at radius 1 is 1.00 bits per heavy atom. The minimum atomic E-state index is -0.438. The molecule has 0 aliphatic heterocycles. The molecule has 1 amide bonds. The van der Waals surface area contributed by atoms with Crippen molar-refractivity contribution in [3.8, 4) is 11.5 Å². The summed E-state index contributed by atoms with van der Waals surface area (Å²) in [4.78, 5) is 28.2. The third kappa shape index (κ3) is 4.82. The highest BCUT2D eigenvalue weighted by Crippen LogP contribution is 2.32. The molecule has 3 rings (SSSR count). The Morgan fingerprint density at radius 2 is 1.76 bits per heavy atom. The second-order valence-corrected chi connectivity index (χ2v) is 6.61. The number of thiazole rings is 1. The summed E-state index contributed by atoms with van der Waals surface area (Å²) < 4.78 is 15.2. The fourth-order valence-corrected chi connectivity index (χ4v) is 3.16. The van der Waals surface area contributed by atoms with Crippen LogP contribution in [0.3, 0.4) is 0 Å². The van der Waals surface area contributed by atoms with Crippen molar-refractivity contribution in [2.24, 2.45) is 0 Å². The van der Waals surface area contributed by atoms with Gasteiger partial charge in [0.15, 0.2) is 5.13 Å². The number of amides is 1. The molecular formula is C20H19N3O5S. The number of esters is 1. The van der Waals surface area contributed by atoms with Gasteiger partial charge in [-0.2, -0.15) is 0 Å². The number of methoxy groups -OCH3 is 3. The van der Waals surface area contributed by atoms with E-state index in [-0.39, 0.29) is 11.6 Å². The average molecular weight is 413 g/mol. The van der Waals surface area contributed by atoms with E-state index in [0.29, 0.717) is 33.6 Å². The Balaban J connectivity index is 1.68. The van der Waals surface area contributed by atoms with Crippen LogP contribution in [0.2, 0.25) is 0 Å². The molecule has 1 aromatic heterocycles. The average Bonchev–Trinajstić information content (AvgIpc) is 3.22. The molecule has 0 saturated carbocycles. The zero-order valence-electron chi connectivity index (χ0n) is 16.0. The lowest BCUT2D eigenvalue weighted by Crippen LogP contribution is -2.12. The van der Waals surface area contributed by atoms with Gasteiger partial charge in [0.05, 0.1) is 32.6 Å². The largest absolute Gasteiger partial charge is 0.497 e. The monoisotopic (exact) mass is 413 g/mol. The Kier molecular flexibility index (Phi) is 6.30. The Bertz CT molecular complexity index is 1020. The van der Waals surface area contributed by atoms with E-state index in [1.165, 1.54) is 18.4 Å². The van der Waals surface area contributed by atoms with Crippen LogP contribution in [0.1, 0.15) is 20.8 Å². The maximum absolute atomic E-state index is 12.4. The summed E-state index contributed by atoms with van der Waals surface area (Å²) in [5, 5.41) is 8.07. The van der Waals surface area contributed by atoms with Crippen molar-refractivity contribution in [1.29, 1.82) is 0 Å². The van der Waals surface area contributed by atoms with Gasteiger partial charge in [0.2, 0.25) is 0 Å². The molecule has 8 nitrogen and oxygen atoms in total. The summed E-state index contributed by atoms with van der Waals surface area (Å²) in [6.45, 7) is 0. The number of hydrogen-bond acceptors (Lipinski definition) is 8. The number of carbonyl (C=O) groups is 2. The SMILES string of the molecule is COC(=O)c1ccc(NC(=O)c2csc(Nc3ccc(OC)cc3OC)n2)cc1. The number of hydrogen-bond donors (Lipinski definition) is 2. The van der Waals surface area contributed by atoms with Gasteiger partial charge >= 0.3 is 5.97 Å². The highest BCUT2D eigenvalue weighted by Gasteiger charge is 2.13. The number of ether oxygens (including phenoxy) is 3. The molecule has 9 heteroatoms. The Hall–Kier alpha value is -3.59. The lowest BCUT2D eigenvalue weighted by molar-refractivity contribution is 0.0600. The quantitative estimate of drug-likeness (QED) is 0.566. The van der Waals surface area contributed by atoms with Crippen LogP contribution in [0.4, 0.5) is 16.5 Å². The van der Waals surface area contributed by atoms with Crippen molar-refractivity contribution in [1.82, 2.24) is 4.98 Å². The van der Waals surface area contributed by atoms with Crippen LogP contribution < -0.4 is 20.1 Å². The third-order valence-electron chi connectivity index (χ3n) is 3.95. The predicted octanol–water partition coefficient (Wildman–Crippen LogP) is 3.94. The summed E-state index contributed by atoms with van der Waals surface area (Å²) in [6.07, 6.45) is 0. The lowest BCUT2D eigenvalue weighted by Gasteiger charge is -2.10. The van der Waals surface area contributed by atoms with E-state index in [1.54, 1.807) is 56.0 Å². The van der Waals surface area contributed by atoms with Crippen LogP contribution in [0.25, 0.3) is 0 Å². The maximum Gasteiger partial charge on any atom is 0.337 e. The first-order chi connectivity index (χ1) is 14.0. The van der Waals surface area contributed by atoms with Crippen molar-refractivity contribution in [2.45, 2.75) is 0 Å². The number of anilines is 3. The minimum absolute atomic E-state index is 0.266. The molecule has 2 aromatic carbocycles. The van der Waals surface area contributed by atoms with Crippen molar-refractivity contribution in [3.63, 3.8) is 0 Å². The molecule has 0 aliphatic carbocycles. The second kappa shape index (κ2) is 9.07. The molecule has 0 saturated heterocycles. The standard InChI is InChI=1S/C20H19N3O5S/c1-26-14-8-9-15(17(10-14)27-2)22-20-23-16(11-29-20)18(24)21-13-6-4-12(5-7-13)19(25)28-3/h4-11H,1-3H3,(H,21,24)(H,22,23). The van der Waals surface area contributed by atoms with Gasteiger partial charge in [-0.05, 0) is 36.4 Å². The predicted molar refractivity (Wildman–Crippen MR) is 111 cm³/mol. The normalized spacial score (nSPS) is 10.2. The van der Waals surface area contributed by atoms with Crippen LogP contribution in [-0.2, 0) is 4.74 Å². The highest BCUT2D eigenvalue weighted by molar-refractivity contribution is 7.14. The smallest absolute Gasteiger partial charge is 0.337 e. The second-order valence-electron chi connectivity index (χ2n) is 5.75. The molecule has 0 bridgehead atoms. The number of carbonyl (C=O) groups excluding carboxylic acids is 2. The topological polar surface area (TPSA) is 98.8 Å². The van der Waals surface area contributed by atoms with E-state index in [4.69, 9.17) is 9.47 Å². The molecule has 0 aliphatic rings. The van der Waals surface area contributed by atoms with Gasteiger partial charge in [0.25, 0.3) is 5.91 Å². The van der Waals surface area contributed by atoms with Gasteiger partial charge < -0.3 is 24.8 Å². The molecule has 0 spiro atoms. The summed E-state index contributed by atoms with van der Waals surface area (Å²) in [5.74, 6) is 0.468. The number of nitrogens with one attached hydrogen (secondary N) is 2. The van der Waals surface area contributed by atoms with Crippen molar-refractivity contribution >= 4 is 39.7 Å². The summed E-state index contributed by atoms with van der Waals surface area (Å²) >= 11 is 1.29. The summed E-state index contributed by atoms with van der Waals surface area (Å²) in [6, 6.07) is 11.7. The van der Waals surface area contributed by atoms with E-state index >= 15 is 0 Å². The zero-order chi connectivity index (χ0) is 20.8. The van der Waals surface area contributed by atoms with Gasteiger partial charge in [-0.3, -0.25) is 4.79 Å². The fourth-order valence-electron chi connectivity index (χ4n) is 2.46. The van der Waals surface area contributed by atoms with Crippen molar-refractivity contribution in [3.05, 3.63) is 59.1 Å². The van der Waals surface area contributed by atoms with E-state index in [0.717, 1.165) is 0 Å². The van der Waals surface area contributed by atoms with E-state index in [9.17, 15) is 9.59 Å². The number of benzene rings is 2. The van der Waals surface area contributed by atoms with E-state index < -0.39 is 5.97 Å². The van der Waals surface area contributed by atoms with Crippen LogP contribution in [0.5, 0.6) is 11.5 Å². The van der Waals surface area contributed by atoms with Gasteiger partial charge in [0, 0.05) is 17.1 Å². The van der Waals surface area contributed by atoms with E-state index in [1.807, 2.05) is 6.07 Å². The first-order valence-electron chi connectivity index (χ1n) is 8.48. The number of aromatic nitrogens is 1. The minimum Gasteiger partial charge on any atom is -0.497 e. The van der Waals surface area contributed by atoms with Gasteiger partial charge in [0.1, 0.15) is 17.2 Å². The van der Waals surface area contributed by atoms with Crippen LogP contribution in [0, 0.1) is 0 Å². The highest BCUT2D eigenvalue weighted by atomic mass is 32.1. The van der Waals surface area contributed by atoms with Crippen LogP contribution >= 0.6 is 11.3 Å². The molecule has 150 valence electrons. The van der Waals surface area contributed by atoms with Gasteiger partial charge in [-0.1, -0.05) is 0 Å². The molecule has 2 N–H and O–H groups in total. The first kappa shape index (κ1) is 20.2. The molecule has 29 heavy (non-hydrogen) atoms. The first-order valence-corrected chi connectivity index (χ1v) is 9.36. The molecule has 1 heterocycles. The Labute approximate surface area is 171 Å². The Morgan fingerprint density at radius 3 is 2.41 bits per heavy atom. The zero-order valence-corrected chi connectivity index (χ0v) is 16.8. The molecule has 0 unspecified atom stereocenters.